The number of thioether (sulfide) groups is 2. The van der Waals surface area contributed by atoms with Crippen LogP contribution in [0, 0.1) is 0 Å². The molecule has 0 bridgehead atoms. The molecule has 6 nitrogen and oxygen atoms in total. The summed E-state index contributed by atoms with van der Waals surface area (Å²) in [5.41, 5.74) is 0.476. The zero-order chi connectivity index (χ0) is 18.9. The van der Waals surface area contributed by atoms with Gasteiger partial charge >= 0.3 is 0 Å². The van der Waals surface area contributed by atoms with E-state index in [-0.39, 0.29) is 13.2 Å². The Bertz CT molecular complexity index is 630. The van der Waals surface area contributed by atoms with Gasteiger partial charge in [-0.1, -0.05) is 13.3 Å². The molecule has 1 aliphatic rings. The predicted octanol–water partition coefficient (Wildman–Crippen LogP) is 2.40. The maximum absolute atomic E-state index is 12.7. The molecule has 0 unspecified atom stereocenters. The second-order valence-electron chi connectivity index (χ2n) is 5.44. The third-order valence-electron chi connectivity index (χ3n) is 3.54. The van der Waals surface area contributed by atoms with Crippen LogP contribution in [0.25, 0.3) is 0 Å². The van der Waals surface area contributed by atoms with Crippen LogP contribution in [-0.4, -0.2) is 53.4 Å². The first kappa shape index (κ1) is 20.8. The molecular weight excluding hydrogens is 374 g/mol. The van der Waals surface area contributed by atoms with Crippen molar-refractivity contribution in [3.8, 4) is 5.75 Å². The number of aliphatic hydroxyl groups is 2. The predicted molar refractivity (Wildman–Crippen MR) is 105 cm³/mol. The van der Waals surface area contributed by atoms with Gasteiger partial charge in [0.15, 0.2) is 0 Å². The number of amides is 2. The highest BCUT2D eigenvalue weighted by atomic mass is 32.2. The highest BCUT2D eigenvalue weighted by molar-refractivity contribution is 8.08. The highest BCUT2D eigenvalue weighted by Gasteiger charge is 2.39. The van der Waals surface area contributed by atoms with Crippen LogP contribution in [0.4, 0.5) is 5.69 Å². The molecule has 0 saturated heterocycles. The minimum absolute atomic E-state index is 0.0859. The van der Waals surface area contributed by atoms with E-state index in [1.54, 1.807) is 24.3 Å². The van der Waals surface area contributed by atoms with Crippen LogP contribution in [0.5, 0.6) is 5.75 Å². The third kappa shape index (κ3) is 5.03. The summed E-state index contributed by atoms with van der Waals surface area (Å²) < 4.78 is 5.60. The fourth-order valence-electron chi connectivity index (χ4n) is 2.30. The summed E-state index contributed by atoms with van der Waals surface area (Å²) in [6.45, 7) is 2.54. The van der Waals surface area contributed by atoms with Gasteiger partial charge in [0.2, 0.25) is 0 Å². The quantitative estimate of drug-likeness (QED) is 0.438. The first-order valence-electron chi connectivity index (χ1n) is 8.47. The van der Waals surface area contributed by atoms with E-state index in [1.807, 2.05) is 0 Å². The van der Waals surface area contributed by atoms with Gasteiger partial charge < -0.3 is 14.9 Å². The van der Waals surface area contributed by atoms with E-state index in [1.165, 1.54) is 0 Å². The molecule has 8 heteroatoms. The van der Waals surface area contributed by atoms with Gasteiger partial charge in [-0.25, -0.2) is 4.90 Å². The Kier molecular flexibility index (Phi) is 8.50. The van der Waals surface area contributed by atoms with Crippen molar-refractivity contribution < 1.29 is 24.5 Å². The summed E-state index contributed by atoms with van der Waals surface area (Å²) in [7, 11) is 0. The second kappa shape index (κ2) is 10.6. The monoisotopic (exact) mass is 397 g/mol. The number of carbonyl (C=O) groups excluding carboxylic acids is 2. The van der Waals surface area contributed by atoms with Crippen molar-refractivity contribution in [3.05, 3.63) is 34.1 Å². The molecule has 0 spiro atoms. The molecule has 0 aromatic heterocycles. The normalized spacial score (nSPS) is 14.5. The van der Waals surface area contributed by atoms with Gasteiger partial charge in [-0.15, -0.1) is 23.5 Å². The van der Waals surface area contributed by atoms with Crippen LogP contribution in [0.3, 0.4) is 0 Å². The molecule has 0 aliphatic carbocycles. The van der Waals surface area contributed by atoms with Crippen LogP contribution in [0.15, 0.2) is 34.1 Å². The number of carbonyl (C=O) groups is 2. The maximum atomic E-state index is 12.7. The number of benzene rings is 1. The Morgan fingerprint density at radius 2 is 1.50 bits per heavy atom. The summed E-state index contributed by atoms with van der Waals surface area (Å²) in [6.07, 6.45) is 2.01. The number of rotatable bonds is 11. The smallest absolute Gasteiger partial charge is 0.273 e. The fraction of sp³-hybridized carbons (Fsp3) is 0.444. The van der Waals surface area contributed by atoms with Crippen LogP contribution in [0.1, 0.15) is 19.8 Å². The lowest BCUT2D eigenvalue weighted by atomic mass is 10.2. The van der Waals surface area contributed by atoms with Crippen molar-refractivity contribution in [2.24, 2.45) is 0 Å². The number of nitrogens with zero attached hydrogens (tertiary/aromatic N) is 1. The minimum atomic E-state index is -0.395. The summed E-state index contributed by atoms with van der Waals surface area (Å²) in [4.78, 5) is 27.2. The van der Waals surface area contributed by atoms with Gasteiger partial charge in [-0.3, -0.25) is 9.59 Å². The summed E-state index contributed by atoms with van der Waals surface area (Å²) in [5.74, 6) is 0.562. The van der Waals surface area contributed by atoms with E-state index in [0.717, 1.165) is 41.3 Å². The van der Waals surface area contributed by atoms with Crippen molar-refractivity contribution in [2.45, 2.75) is 19.8 Å². The molecule has 0 saturated carbocycles. The highest BCUT2D eigenvalue weighted by Crippen LogP contribution is 2.38. The molecule has 26 heavy (non-hydrogen) atoms. The van der Waals surface area contributed by atoms with Crippen molar-refractivity contribution in [3.63, 3.8) is 0 Å². The lowest BCUT2D eigenvalue weighted by Gasteiger charge is -2.15. The Hall–Kier alpha value is -1.48. The molecule has 2 amide bonds. The fourth-order valence-corrected chi connectivity index (χ4v) is 4.11. The van der Waals surface area contributed by atoms with E-state index >= 15 is 0 Å². The number of imide groups is 1. The number of unbranched alkanes of at least 4 members (excludes halogenated alkanes) is 1. The number of hydrogen-bond donors (Lipinski definition) is 2. The zero-order valence-electron chi connectivity index (χ0n) is 14.6. The van der Waals surface area contributed by atoms with Crippen molar-refractivity contribution >= 4 is 41.0 Å². The largest absolute Gasteiger partial charge is 0.494 e. The molecule has 2 N–H and O–H groups in total. The van der Waals surface area contributed by atoms with E-state index in [4.69, 9.17) is 14.9 Å². The number of aliphatic hydroxyl groups excluding tert-OH is 2. The molecule has 142 valence electrons. The lowest BCUT2D eigenvalue weighted by Crippen LogP contribution is -2.31. The molecule has 1 heterocycles. The molecule has 0 radical (unpaired) electrons. The van der Waals surface area contributed by atoms with Crippen LogP contribution < -0.4 is 9.64 Å². The third-order valence-corrected chi connectivity index (χ3v) is 5.78. The van der Waals surface area contributed by atoms with Gasteiger partial charge in [0.05, 0.1) is 35.3 Å². The maximum Gasteiger partial charge on any atom is 0.273 e. The van der Waals surface area contributed by atoms with Crippen molar-refractivity contribution in [1.82, 2.24) is 0 Å². The van der Waals surface area contributed by atoms with E-state index in [0.29, 0.717) is 39.4 Å². The molecule has 1 aromatic carbocycles. The number of hydrogen-bond acceptors (Lipinski definition) is 7. The van der Waals surface area contributed by atoms with Gasteiger partial charge in [-0.05, 0) is 30.7 Å². The number of ether oxygens (including phenoxy) is 1. The van der Waals surface area contributed by atoms with Crippen LogP contribution in [-0.2, 0) is 9.59 Å². The first-order valence-corrected chi connectivity index (χ1v) is 10.4. The standard InChI is InChI=1S/C18H23NO5S2/c1-2-3-10-24-14-6-4-13(5-7-14)19-17(22)15(25-11-8-20)16(18(19)23)26-12-9-21/h4-7,20-21H,2-3,8-12H2,1H3. The molecule has 2 rings (SSSR count). The SMILES string of the molecule is CCCCOc1ccc(N2C(=O)C(SCCO)=C(SCCO)C2=O)cc1. The first-order chi connectivity index (χ1) is 12.6. The van der Waals surface area contributed by atoms with E-state index in [9.17, 15) is 9.59 Å². The lowest BCUT2D eigenvalue weighted by molar-refractivity contribution is -0.120. The van der Waals surface area contributed by atoms with Gasteiger partial charge in [0.25, 0.3) is 11.8 Å². The topological polar surface area (TPSA) is 87.1 Å². The Balaban J connectivity index is 2.17. The van der Waals surface area contributed by atoms with Gasteiger partial charge in [-0.2, -0.15) is 0 Å². The van der Waals surface area contributed by atoms with Crippen LogP contribution in [0.2, 0.25) is 0 Å². The zero-order valence-corrected chi connectivity index (χ0v) is 16.3. The average Bonchev–Trinajstić information content (AvgIpc) is 2.88. The van der Waals surface area contributed by atoms with Crippen molar-refractivity contribution in [2.75, 3.05) is 36.2 Å². The second-order valence-corrected chi connectivity index (χ2v) is 7.65. The summed E-state index contributed by atoms with van der Waals surface area (Å²) in [6, 6.07) is 6.85. The van der Waals surface area contributed by atoms with Crippen LogP contribution >= 0.6 is 23.5 Å². The minimum Gasteiger partial charge on any atom is -0.494 e. The summed E-state index contributed by atoms with van der Waals surface area (Å²) in [5, 5.41) is 18.1. The average molecular weight is 398 g/mol. The summed E-state index contributed by atoms with van der Waals surface area (Å²) >= 11 is 2.32. The molecule has 1 aromatic rings. The van der Waals surface area contributed by atoms with E-state index < -0.39 is 11.8 Å². The molecular formula is C18H23NO5S2. The Labute approximate surface area is 161 Å². The Morgan fingerprint density at radius 3 is 1.96 bits per heavy atom. The van der Waals surface area contributed by atoms with E-state index in [2.05, 4.69) is 6.92 Å². The van der Waals surface area contributed by atoms with Gasteiger partial charge in [0, 0.05) is 11.5 Å². The molecule has 0 fully saturated rings. The molecule has 0 atom stereocenters. The number of anilines is 1. The Morgan fingerprint density at radius 1 is 0.962 bits per heavy atom. The van der Waals surface area contributed by atoms with Crippen molar-refractivity contribution in [1.29, 1.82) is 0 Å². The van der Waals surface area contributed by atoms with Gasteiger partial charge in [0.1, 0.15) is 5.75 Å². The molecule has 1 aliphatic heterocycles.